The molecule has 0 N–H and O–H groups in total. The van der Waals surface area contributed by atoms with Crippen molar-refractivity contribution >= 4 is 45.0 Å². The Morgan fingerprint density at radius 3 is 2.63 bits per heavy atom. The maximum atomic E-state index is 12.5. The Morgan fingerprint density at radius 1 is 1.32 bits per heavy atom. The Balaban J connectivity index is 2.18. The van der Waals surface area contributed by atoms with Gasteiger partial charge in [-0.25, -0.2) is 0 Å². The fourth-order valence-corrected chi connectivity index (χ4v) is 3.94. The van der Waals surface area contributed by atoms with Gasteiger partial charge in [0.15, 0.2) is 0 Å². The summed E-state index contributed by atoms with van der Waals surface area (Å²) in [6, 6.07) is 5.22. The van der Waals surface area contributed by atoms with Gasteiger partial charge in [-0.1, -0.05) is 52.0 Å². The molecule has 0 saturated heterocycles. The SMILES string of the molecule is CN(C(=O)c1ccc(Cl)cc1Cl)C1CCCCC1Br. The molecule has 1 fully saturated rings. The van der Waals surface area contributed by atoms with Crippen molar-refractivity contribution in [3.05, 3.63) is 33.8 Å². The second-order valence-corrected chi connectivity index (χ2v) is 6.93. The van der Waals surface area contributed by atoms with Crippen LogP contribution < -0.4 is 0 Å². The van der Waals surface area contributed by atoms with E-state index in [1.165, 1.54) is 12.8 Å². The summed E-state index contributed by atoms with van der Waals surface area (Å²) in [7, 11) is 1.84. The molecule has 1 saturated carbocycles. The lowest BCUT2D eigenvalue weighted by Gasteiger charge is -2.35. The standard InChI is InChI=1S/C14H16BrCl2NO/c1-18(13-5-3-2-4-11(13)15)14(19)10-7-6-9(16)8-12(10)17/h6-8,11,13H,2-5H2,1H3. The Bertz CT molecular complexity index is 481. The minimum atomic E-state index is -0.0435. The number of hydrogen-bond acceptors (Lipinski definition) is 1. The van der Waals surface area contributed by atoms with Crippen LogP contribution in [-0.2, 0) is 0 Å². The highest BCUT2D eigenvalue weighted by atomic mass is 79.9. The van der Waals surface area contributed by atoms with Gasteiger partial charge in [0.1, 0.15) is 0 Å². The molecule has 1 aromatic carbocycles. The molecule has 5 heteroatoms. The van der Waals surface area contributed by atoms with Gasteiger partial charge in [0.25, 0.3) is 5.91 Å². The summed E-state index contributed by atoms with van der Waals surface area (Å²) in [6.45, 7) is 0. The fourth-order valence-electron chi connectivity index (χ4n) is 2.51. The molecule has 0 heterocycles. The van der Waals surface area contributed by atoms with Crippen LogP contribution in [0.2, 0.25) is 10.0 Å². The summed E-state index contributed by atoms with van der Waals surface area (Å²) in [5.74, 6) is -0.0435. The van der Waals surface area contributed by atoms with Crippen LogP contribution in [0.3, 0.4) is 0 Å². The van der Waals surface area contributed by atoms with Crippen molar-refractivity contribution in [1.82, 2.24) is 4.90 Å². The molecule has 2 unspecified atom stereocenters. The van der Waals surface area contributed by atoms with Crippen LogP contribution in [0.1, 0.15) is 36.0 Å². The van der Waals surface area contributed by atoms with E-state index in [4.69, 9.17) is 23.2 Å². The second-order valence-electron chi connectivity index (χ2n) is 4.91. The molecule has 1 aliphatic rings. The van der Waals surface area contributed by atoms with Crippen molar-refractivity contribution < 1.29 is 4.79 Å². The number of alkyl halides is 1. The van der Waals surface area contributed by atoms with E-state index >= 15 is 0 Å². The van der Waals surface area contributed by atoms with Gasteiger partial charge in [-0.15, -0.1) is 0 Å². The van der Waals surface area contributed by atoms with Gasteiger partial charge in [-0.05, 0) is 31.0 Å². The maximum absolute atomic E-state index is 12.5. The summed E-state index contributed by atoms with van der Waals surface area (Å²) in [6.07, 6.45) is 4.52. The number of halogens is 3. The Kier molecular flexibility index (Phi) is 5.15. The second kappa shape index (κ2) is 6.47. The van der Waals surface area contributed by atoms with Crippen molar-refractivity contribution in [1.29, 1.82) is 0 Å². The van der Waals surface area contributed by atoms with E-state index in [1.807, 2.05) is 7.05 Å². The number of hydrogen-bond donors (Lipinski definition) is 0. The number of amides is 1. The van der Waals surface area contributed by atoms with Crippen molar-refractivity contribution in [3.63, 3.8) is 0 Å². The van der Waals surface area contributed by atoms with Crippen LogP contribution in [0, 0.1) is 0 Å². The van der Waals surface area contributed by atoms with Crippen LogP contribution in [0.5, 0.6) is 0 Å². The molecule has 1 aliphatic carbocycles. The third kappa shape index (κ3) is 3.45. The van der Waals surface area contributed by atoms with Gasteiger partial charge in [0, 0.05) is 22.9 Å². The molecule has 1 aromatic rings. The first-order valence-corrected chi connectivity index (χ1v) is 8.04. The van der Waals surface area contributed by atoms with Gasteiger partial charge in [0.05, 0.1) is 10.6 Å². The summed E-state index contributed by atoms with van der Waals surface area (Å²) in [5.41, 5.74) is 0.513. The van der Waals surface area contributed by atoms with Gasteiger partial charge in [0.2, 0.25) is 0 Å². The van der Waals surface area contributed by atoms with E-state index in [0.29, 0.717) is 20.4 Å². The lowest BCUT2D eigenvalue weighted by atomic mass is 9.94. The molecular formula is C14H16BrCl2NO. The fraction of sp³-hybridized carbons (Fsp3) is 0.500. The Morgan fingerprint density at radius 2 is 2.00 bits per heavy atom. The molecule has 0 spiro atoms. The summed E-state index contributed by atoms with van der Waals surface area (Å²) in [5, 5.41) is 0.950. The highest BCUT2D eigenvalue weighted by Gasteiger charge is 2.30. The summed E-state index contributed by atoms with van der Waals surface area (Å²) in [4.78, 5) is 14.7. The van der Waals surface area contributed by atoms with Gasteiger partial charge in [-0.3, -0.25) is 4.79 Å². The van der Waals surface area contributed by atoms with Crippen molar-refractivity contribution in [2.75, 3.05) is 7.05 Å². The molecular weight excluding hydrogens is 349 g/mol. The van der Waals surface area contributed by atoms with Crippen LogP contribution in [-0.4, -0.2) is 28.7 Å². The molecule has 0 aliphatic heterocycles. The molecule has 0 bridgehead atoms. The lowest BCUT2D eigenvalue weighted by Crippen LogP contribution is -2.44. The zero-order valence-corrected chi connectivity index (χ0v) is 13.8. The topological polar surface area (TPSA) is 20.3 Å². The van der Waals surface area contributed by atoms with Crippen molar-refractivity contribution in [2.24, 2.45) is 0 Å². The van der Waals surface area contributed by atoms with E-state index in [-0.39, 0.29) is 11.9 Å². The minimum Gasteiger partial charge on any atom is -0.338 e. The third-order valence-electron chi connectivity index (χ3n) is 3.63. The zero-order valence-electron chi connectivity index (χ0n) is 10.7. The monoisotopic (exact) mass is 363 g/mol. The van der Waals surface area contributed by atoms with Gasteiger partial charge < -0.3 is 4.90 Å². The quantitative estimate of drug-likeness (QED) is 0.692. The van der Waals surface area contributed by atoms with Crippen molar-refractivity contribution in [2.45, 2.75) is 36.6 Å². The molecule has 19 heavy (non-hydrogen) atoms. The Labute approximate surface area is 132 Å². The molecule has 0 radical (unpaired) electrons. The molecule has 104 valence electrons. The van der Waals surface area contributed by atoms with E-state index in [2.05, 4.69) is 15.9 Å². The molecule has 0 aromatic heterocycles. The average Bonchev–Trinajstić information content (AvgIpc) is 2.38. The Hall–Kier alpha value is -0.250. The first-order chi connectivity index (χ1) is 9.00. The maximum Gasteiger partial charge on any atom is 0.255 e. The highest BCUT2D eigenvalue weighted by molar-refractivity contribution is 9.09. The van der Waals surface area contributed by atoms with E-state index in [9.17, 15) is 4.79 Å². The average molecular weight is 365 g/mol. The minimum absolute atomic E-state index is 0.0435. The largest absolute Gasteiger partial charge is 0.338 e. The van der Waals surface area contributed by atoms with E-state index in [0.717, 1.165) is 12.8 Å². The third-order valence-corrected chi connectivity index (χ3v) is 5.24. The van der Waals surface area contributed by atoms with E-state index in [1.54, 1.807) is 23.1 Å². The number of rotatable bonds is 2. The summed E-state index contributed by atoms with van der Waals surface area (Å²) >= 11 is 15.6. The molecule has 2 nitrogen and oxygen atoms in total. The van der Waals surface area contributed by atoms with Crippen LogP contribution in [0.4, 0.5) is 0 Å². The molecule has 2 rings (SSSR count). The number of nitrogens with zero attached hydrogens (tertiary/aromatic N) is 1. The first kappa shape index (κ1) is 15.1. The number of carbonyl (C=O) groups is 1. The number of carbonyl (C=O) groups excluding carboxylic acids is 1. The van der Waals surface area contributed by atoms with Gasteiger partial charge >= 0.3 is 0 Å². The van der Waals surface area contributed by atoms with Crippen LogP contribution in [0.15, 0.2) is 18.2 Å². The summed E-state index contributed by atoms with van der Waals surface area (Å²) < 4.78 is 0. The smallest absolute Gasteiger partial charge is 0.255 e. The normalized spacial score (nSPS) is 23.2. The number of benzene rings is 1. The van der Waals surface area contributed by atoms with Crippen LogP contribution >= 0.6 is 39.1 Å². The highest BCUT2D eigenvalue weighted by Crippen LogP contribution is 2.30. The lowest BCUT2D eigenvalue weighted by molar-refractivity contribution is 0.0705. The molecule has 2 atom stereocenters. The van der Waals surface area contributed by atoms with Crippen LogP contribution in [0.25, 0.3) is 0 Å². The predicted molar refractivity (Wildman–Crippen MR) is 83.5 cm³/mol. The van der Waals surface area contributed by atoms with Crippen molar-refractivity contribution in [3.8, 4) is 0 Å². The van der Waals surface area contributed by atoms with Gasteiger partial charge in [-0.2, -0.15) is 0 Å². The predicted octanol–water partition coefficient (Wildman–Crippen LogP) is 4.77. The van der Waals surface area contributed by atoms with E-state index < -0.39 is 0 Å². The molecule has 1 amide bonds. The zero-order chi connectivity index (χ0) is 14.0. The first-order valence-electron chi connectivity index (χ1n) is 6.37.